The summed E-state index contributed by atoms with van der Waals surface area (Å²) in [7, 11) is 3.35. The number of carbonyl (C=O) groups is 2. The van der Waals surface area contributed by atoms with Crippen LogP contribution in [0.25, 0.3) is 0 Å². The van der Waals surface area contributed by atoms with E-state index in [2.05, 4.69) is 26.8 Å². The van der Waals surface area contributed by atoms with Crippen LogP contribution in [-0.2, 0) is 28.5 Å². The minimum absolute atomic E-state index is 0.0879. The highest BCUT2D eigenvalue weighted by Crippen LogP contribution is 2.53. The van der Waals surface area contributed by atoms with Crippen LogP contribution in [0.5, 0.6) is 0 Å². The van der Waals surface area contributed by atoms with Gasteiger partial charge < -0.3 is 24.1 Å². The Hall–Kier alpha value is -2.48. The van der Waals surface area contributed by atoms with Crippen LogP contribution in [0, 0.1) is 5.92 Å². The highest BCUT2D eigenvalue weighted by Gasteiger charge is 2.64. The molecule has 5 unspecified atom stereocenters. The summed E-state index contributed by atoms with van der Waals surface area (Å²) in [6.45, 7) is 6.84. The molecule has 2 fully saturated rings. The summed E-state index contributed by atoms with van der Waals surface area (Å²) >= 11 is 0. The summed E-state index contributed by atoms with van der Waals surface area (Å²) in [6, 6.07) is 0. The zero-order chi connectivity index (χ0) is 24.5. The van der Waals surface area contributed by atoms with Gasteiger partial charge in [0.25, 0.3) is 0 Å². The molecule has 182 valence electrons. The Labute approximate surface area is 196 Å². The van der Waals surface area contributed by atoms with Gasteiger partial charge in [0.2, 0.25) is 0 Å². The van der Waals surface area contributed by atoms with Crippen molar-refractivity contribution in [3.8, 4) is 0 Å². The number of hydrogen-bond donors (Lipinski definition) is 1. The van der Waals surface area contributed by atoms with Gasteiger partial charge in [-0.3, -0.25) is 0 Å². The fraction of sp³-hybridized carbons (Fsp3) is 0.538. The van der Waals surface area contributed by atoms with Crippen LogP contribution in [0.2, 0.25) is 0 Å². The van der Waals surface area contributed by atoms with Gasteiger partial charge in [0.15, 0.2) is 0 Å². The average molecular weight is 461 g/mol. The van der Waals surface area contributed by atoms with Crippen molar-refractivity contribution in [2.45, 2.75) is 63.4 Å². The summed E-state index contributed by atoms with van der Waals surface area (Å²) < 4.78 is 23.6. The lowest BCUT2D eigenvalue weighted by atomic mass is 9.66. The lowest BCUT2D eigenvalue weighted by Gasteiger charge is -2.48. The molecule has 1 N–H and O–H groups in total. The van der Waals surface area contributed by atoms with Crippen molar-refractivity contribution >= 4 is 11.9 Å². The number of carbonyl (C=O) groups excluding carboxylic acids is 1. The standard InChI is InChI=1S/C26H36O7/c1-19(2)14-16-25(3,31-5)24-23(30-4)20(15-17-26(24)18-32-26)33-22(29)13-11-9-7-6-8-10-12-21(27)28/h6-14,20,23-24H,15-18H2,1-5H3,(H,27,28)/b8-6+,9-7+,12-10+,13-11+. The molecule has 0 aromatic rings. The number of carboxylic acids is 1. The van der Waals surface area contributed by atoms with Crippen LogP contribution in [0.3, 0.4) is 0 Å². The van der Waals surface area contributed by atoms with Crippen molar-refractivity contribution in [1.29, 1.82) is 0 Å². The monoisotopic (exact) mass is 460 g/mol. The summed E-state index contributed by atoms with van der Waals surface area (Å²) in [4.78, 5) is 22.8. The number of aliphatic carboxylic acids is 1. The number of hydrogen-bond acceptors (Lipinski definition) is 6. The van der Waals surface area contributed by atoms with E-state index in [0.29, 0.717) is 19.4 Å². The third-order valence-corrected chi connectivity index (χ3v) is 6.24. The third-order valence-electron chi connectivity index (χ3n) is 6.24. The van der Waals surface area contributed by atoms with Crippen molar-refractivity contribution < 1.29 is 33.6 Å². The van der Waals surface area contributed by atoms with Gasteiger partial charge in [0, 0.05) is 32.3 Å². The molecule has 1 spiro atoms. The molecule has 1 aliphatic carbocycles. The molecule has 5 atom stereocenters. The van der Waals surface area contributed by atoms with Crippen molar-refractivity contribution in [3.05, 3.63) is 60.3 Å². The zero-order valence-electron chi connectivity index (χ0n) is 20.2. The Balaban J connectivity index is 2.06. The van der Waals surface area contributed by atoms with E-state index in [4.69, 9.17) is 24.1 Å². The molecule has 0 radical (unpaired) electrons. The first kappa shape index (κ1) is 26.8. The van der Waals surface area contributed by atoms with E-state index in [1.54, 1.807) is 44.6 Å². The van der Waals surface area contributed by atoms with Gasteiger partial charge in [-0.15, -0.1) is 0 Å². The highest BCUT2D eigenvalue weighted by molar-refractivity contribution is 5.82. The van der Waals surface area contributed by atoms with Crippen molar-refractivity contribution in [2.75, 3.05) is 20.8 Å². The Bertz CT molecular complexity index is 828. The quantitative estimate of drug-likeness (QED) is 0.163. The maximum atomic E-state index is 12.4. The molecule has 1 saturated carbocycles. The second-order valence-corrected chi connectivity index (χ2v) is 8.87. The molecule has 0 bridgehead atoms. The molecule has 0 amide bonds. The lowest BCUT2D eigenvalue weighted by molar-refractivity contribution is -0.189. The molecule has 2 aliphatic rings. The van der Waals surface area contributed by atoms with E-state index >= 15 is 0 Å². The SMILES string of the molecule is COC1C(OC(=O)/C=C/C=C/C=C/C=C/C(=O)O)CCC2(CO2)C1C(C)(CC=C(C)C)OC. The van der Waals surface area contributed by atoms with Crippen LogP contribution in [-0.4, -0.2) is 61.3 Å². The summed E-state index contributed by atoms with van der Waals surface area (Å²) in [5, 5.41) is 8.52. The largest absolute Gasteiger partial charge is 0.478 e. The fourth-order valence-electron chi connectivity index (χ4n) is 4.42. The van der Waals surface area contributed by atoms with E-state index in [-0.39, 0.29) is 17.6 Å². The number of rotatable bonds is 11. The first-order valence-corrected chi connectivity index (χ1v) is 11.1. The molecule has 1 aliphatic heterocycles. The maximum Gasteiger partial charge on any atom is 0.331 e. The number of esters is 1. The molecule has 1 heterocycles. The summed E-state index contributed by atoms with van der Waals surface area (Å²) in [5.41, 5.74) is 0.381. The number of carboxylic acid groups (broad SMARTS) is 1. The fourth-order valence-corrected chi connectivity index (χ4v) is 4.42. The Kier molecular flexibility index (Phi) is 9.83. The van der Waals surface area contributed by atoms with Crippen molar-refractivity contribution in [2.24, 2.45) is 5.92 Å². The van der Waals surface area contributed by atoms with Crippen molar-refractivity contribution in [1.82, 2.24) is 0 Å². The molecular formula is C26H36O7. The van der Waals surface area contributed by atoms with Crippen LogP contribution < -0.4 is 0 Å². The topological polar surface area (TPSA) is 94.6 Å². The minimum Gasteiger partial charge on any atom is -0.478 e. The van der Waals surface area contributed by atoms with Gasteiger partial charge in [0.05, 0.1) is 17.8 Å². The number of methoxy groups -OCH3 is 2. The normalized spacial score (nSPS) is 29.2. The van der Waals surface area contributed by atoms with Gasteiger partial charge in [-0.25, -0.2) is 9.59 Å². The maximum absolute atomic E-state index is 12.4. The van der Waals surface area contributed by atoms with Gasteiger partial charge >= 0.3 is 11.9 Å². The second-order valence-electron chi connectivity index (χ2n) is 8.87. The van der Waals surface area contributed by atoms with Gasteiger partial charge in [-0.1, -0.05) is 48.1 Å². The smallest absolute Gasteiger partial charge is 0.331 e. The molecule has 2 rings (SSSR count). The van der Waals surface area contributed by atoms with Gasteiger partial charge in [-0.2, -0.15) is 0 Å². The molecule has 7 heteroatoms. The van der Waals surface area contributed by atoms with E-state index in [9.17, 15) is 9.59 Å². The Morgan fingerprint density at radius 3 is 2.21 bits per heavy atom. The first-order chi connectivity index (χ1) is 15.7. The molecule has 0 aromatic carbocycles. The molecule has 33 heavy (non-hydrogen) atoms. The Morgan fingerprint density at radius 2 is 1.70 bits per heavy atom. The summed E-state index contributed by atoms with van der Waals surface area (Å²) in [6.07, 6.45) is 15.5. The zero-order valence-corrected chi connectivity index (χ0v) is 20.2. The number of allylic oxidation sites excluding steroid dienone is 7. The predicted octanol–water partition coefficient (Wildman–Crippen LogP) is 4.16. The second kappa shape index (κ2) is 12.1. The van der Waals surface area contributed by atoms with Gasteiger partial charge in [0.1, 0.15) is 12.2 Å². The van der Waals surface area contributed by atoms with E-state index in [0.717, 1.165) is 12.5 Å². The van der Waals surface area contributed by atoms with Crippen LogP contribution >= 0.6 is 0 Å². The molecular weight excluding hydrogens is 424 g/mol. The van der Waals surface area contributed by atoms with E-state index in [1.165, 1.54) is 17.7 Å². The Morgan fingerprint density at radius 1 is 1.09 bits per heavy atom. The molecule has 7 nitrogen and oxygen atoms in total. The first-order valence-electron chi connectivity index (χ1n) is 11.1. The van der Waals surface area contributed by atoms with Crippen LogP contribution in [0.1, 0.15) is 40.0 Å². The average Bonchev–Trinajstić information content (AvgIpc) is 3.54. The van der Waals surface area contributed by atoms with Gasteiger partial charge in [-0.05, 0) is 40.0 Å². The molecule has 0 aromatic heterocycles. The summed E-state index contributed by atoms with van der Waals surface area (Å²) in [5.74, 6) is -1.54. The molecule has 1 saturated heterocycles. The number of ether oxygens (including phenoxy) is 4. The highest BCUT2D eigenvalue weighted by atomic mass is 16.6. The van der Waals surface area contributed by atoms with Crippen LogP contribution in [0.15, 0.2) is 60.3 Å². The van der Waals surface area contributed by atoms with E-state index in [1.807, 2.05) is 0 Å². The minimum atomic E-state index is -1.01. The number of epoxide rings is 1. The lowest BCUT2D eigenvalue weighted by Crippen LogP contribution is -2.59. The predicted molar refractivity (Wildman–Crippen MR) is 126 cm³/mol. The van der Waals surface area contributed by atoms with E-state index < -0.39 is 23.6 Å². The van der Waals surface area contributed by atoms with Crippen molar-refractivity contribution in [3.63, 3.8) is 0 Å². The third kappa shape index (κ3) is 7.52. The van der Waals surface area contributed by atoms with Crippen LogP contribution in [0.4, 0.5) is 0 Å².